The van der Waals surface area contributed by atoms with E-state index < -0.39 is 6.16 Å². The third-order valence-electron chi connectivity index (χ3n) is 2.33. The van der Waals surface area contributed by atoms with Crippen LogP contribution in [0.2, 0.25) is 0 Å². The summed E-state index contributed by atoms with van der Waals surface area (Å²) in [7, 11) is 1.63. The Labute approximate surface area is 101 Å². The topological polar surface area (TPSA) is 63.2 Å². The Hall–Kier alpha value is -0.850. The third-order valence-corrected chi connectivity index (χ3v) is 2.33. The van der Waals surface area contributed by atoms with Crippen molar-refractivity contribution in [2.75, 3.05) is 53.4 Å². The zero-order valence-electron chi connectivity index (χ0n) is 10.4. The highest BCUT2D eigenvalue weighted by atomic mass is 16.7. The Kier molecular flexibility index (Phi) is 6.25. The van der Waals surface area contributed by atoms with Crippen LogP contribution in [-0.2, 0) is 23.7 Å². The summed E-state index contributed by atoms with van der Waals surface area (Å²) < 4.78 is 25.2. The number of rotatable bonds is 8. The van der Waals surface area contributed by atoms with Gasteiger partial charge in [0.15, 0.2) is 0 Å². The standard InChI is InChI=1S/C11H20O6/c1-11(8-16-10(12)17-9-11)7-15-6-5-14-4-3-13-2/h3-9H2,1-2H3. The maximum Gasteiger partial charge on any atom is 0.508 e. The Balaban J connectivity index is 2.00. The normalized spacial score (nSPS) is 18.6. The van der Waals surface area contributed by atoms with E-state index in [0.717, 1.165) is 0 Å². The van der Waals surface area contributed by atoms with Crippen LogP contribution in [0.5, 0.6) is 0 Å². The van der Waals surface area contributed by atoms with Gasteiger partial charge in [-0.15, -0.1) is 0 Å². The van der Waals surface area contributed by atoms with Crippen LogP contribution in [0.15, 0.2) is 0 Å². The monoisotopic (exact) mass is 248 g/mol. The molecule has 0 bridgehead atoms. The molecule has 1 heterocycles. The second-order valence-electron chi connectivity index (χ2n) is 4.30. The molecule has 0 aromatic rings. The Morgan fingerprint density at radius 2 is 1.71 bits per heavy atom. The van der Waals surface area contributed by atoms with Crippen molar-refractivity contribution in [1.82, 2.24) is 0 Å². The summed E-state index contributed by atoms with van der Waals surface area (Å²) in [5, 5.41) is 0. The molecule has 0 aliphatic carbocycles. The van der Waals surface area contributed by atoms with Gasteiger partial charge in [0, 0.05) is 7.11 Å². The summed E-state index contributed by atoms with van der Waals surface area (Å²) in [4.78, 5) is 10.7. The van der Waals surface area contributed by atoms with Crippen molar-refractivity contribution in [2.45, 2.75) is 6.92 Å². The lowest BCUT2D eigenvalue weighted by atomic mass is 9.94. The lowest BCUT2D eigenvalue weighted by Gasteiger charge is -2.31. The second-order valence-corrected chi connectivity index (χ2v) is 4.30. The molecular weight excluding hydrogens is 228 g/mol. The summed E-state index contributed by atoms with van der Waals surface area (Å²) in [6.07, 6.45) is -0.606. The molecule has 6 heteroatoms. The van der Waals surface area contributed by atoms with Crippen LogP contribution in [0.1, 0.15) is 6.92 Å². The molecule has 100 valence electrons. The highest BCUT2D eigenvalue weighted by Crippen LogP contribution is 2.22. The van der Waals surface area contributed by atoms with Gasteiger partial charge in [-0.1, -0.05) is 6.92 Å². The maximum absolute atomic E-state index is 10.7. The van der Waals surface area contributed by atoms with Gasteiger partial charge in [0.1, 0.15) is 13.2 Å². The van der Waals surface area contributed by atoms with Gasteiger partial charge in [-0.2, -0.15) is 0 Å². The first-order valence-corrected chi connectivity index (χ1v) is 5.60. The summed E-state index contributed by atoms with van der Waals surface area (Å²) in [6.45, 7) is 5.28. The summed E-state index contributed by atoms with van der Waals surface area (Å²) in [5.41, 5.74) is -0.263. The van der Waals surface area contributed by atoms with E-state index in [1.807, 2.05) is 6.92 Å². The van der Waals surface area contributed by atoms with Crippen molar-refractivity contribution < 1.29 is 28.5 Å². The minimum absolute atomic E-state index is 0.263. The van der Waals surface area contributed by atoms with E-state index in [9.17, 15) is 4.79 Å². The first-order valence-electron chi connectivity index (χ1n) is 5.60. The maximum atomic E-state index is 10.7. The van der Waals surface area contributed by atoms with Crippen LogP contribution in [0.4, 0.5) is 4.79 Å². The van der Waals surface area contributed by atoms with Crippen LogP contribution in [-0.4, -0.2) is 59.5 Å². The first kappa shape index (κ1) is 14.2. The van der Waals surface area contributed by atoms with E-state index in [2.05, 4.69) is 0 Å². The molecule has 6 nitrogen and oxygen atoms in total. The van der Waals surface area contributed by atoms with Crippen molar-refractivity contribution in [3.63, 3.8) is 0 Å². The Morgan fingerprint density at radius 3 is 2.35 bits per heavy atom. The van der Waals surface area contributed by atoms with E-state index in [4.69, 9.17) is 23.7 Å². The van der Waals surface area contributed by atoms with Gasteiger partial charge in [0.25, 0.3) is 0 Å². The molecule has 0 unspecified atom stereocenters. The van der Waals surface area contributed by atoms with Gasteiger partial charge in [-0.05, 0) is 0 Å². The van der Waals surface area contributed by atoms with E-state index in [1.165, 1.54) is 0 Å². The van der Waals surface area contributed by atoms with Crippen LogP contribution in [0, 0.1) is 5.41 Å². The predicted octanol–water partition coefficient (Wildman–Crippen LogP) is 0.839. The van der Waals surface area contributed by atoms with Crippen molar-refractivity contribution in [3.8, 4) is 0 Å². The first-order chi connectivity index (χ1) is 8.16. The summed E-state index contributed by atoms with van der Waals surface area (Å²) >= 11 is 0. The average molecular weight is 248 g/mol. The second kappa shape index (κ2) is 7.47. The molecule has 0 amide bonds. The molecule has 0 N–H and O–H groups in total. The fourth-order valence-electron chi connectivity index (χ4n) is 1.31. The molecule has 1 saturated heterocycles. The van der Waals surface area contributed by atoms with E-state index >= 15 is 0 Å². The minimum Gasteiger partial charge on any atom is -0.433 e. The van der Waals surface area contributed by atoms with Crippen molar-refractivity contribution in [2.24, 2.45) is 5.41 Å². The SMILES string of the molecule is COCCOCCOCC1(C)COC(=O)OC1. The van der Waals surface area contributed by atoms with E-state index in [0.29, 0.717) is 46.2 Å². The molecule has 1 rings (SSSR count). The number of ether oxygens (including phenoxy) is 5. The minimum atomic E-state index is -0.606. The van der Waals surface area contributed by atoms with Crippen molar-refractivity contribution in [3.05, 3.63) is 0 Å². The number of carbonyl (C=O) groups is 1. The molecular formula is C11H20O6. The van der Waals surface area contributed by atoms with Gasteiger partial charge in [0.05, 0.1) is 38.4 Å². The van der Waals surface area contributed by atoms with Gasteiger partial charge in [0.2, 0.25) is 0 Å². The highest BCUT2D eigenvalue weighted by molar-refractivity contribution is 5.60. The van der Waals surface area contributed by atoms with Crippen LogP contribution in [0.25, 0.3) is 0 Å². The Morgan fingerprint density at radius 1 is 1.12 bits per heavy atom. The molecule has 1 aliphatic heterocycles. The fourth-order valence-corrected chi connectivity index (χ4v) is 1.31. The third kappa shape index (κ3) is 5.86. The van der Waals surface area contributed by atoms with Gasteiger partial charge >= 0.3 is 6.16 Å². The highest BCUT2D eigenvalue weighted by Gasteiger charge is 2.33. The zero-order chi connectivity index (χ0) is 12.6. The largest absolute Gasteiger partial charge is 0.508 e. The number of carbonyl (C=O) groups excluding carboxylic acids is 1. The molecule has 1 aliphatic rings. The molecule has 17 heavy (non-hydrogen) atoms. The van der Waals surface area contributed by atoms with Crippen molar-refractivity contribution >= 4 is 6.16 Å². The smallest absolute Gasteiger partial charge is 0.433 e. The average Bonchev–Trinajstić information content (AvgIpc) is 2.32. The fraction of sp³-hybridized carbons (Fsp3) is 0.909. The quantitative estimate of drug-likeness (QED) is 0.468. The van der Waals surface area contributed by atoms with Crippen LogP contribution in [0.3, 0.4) is 0 Å². The number of hydrogen-bond acceptors (Lipinski definition) is 6. The van der Waals surface area contributed by atoms with Crippen LogP contribution >= 0.6 is 0 Å². The predicted molar refractivity (Wildman–Crippen MR) is 58.9 cm³/mol. The van der Waals surface area contributed by atoms with Gasteiger partial charge < -0.3 is 23.7 Å². The lowest BCUT2D eigenvalue weighted by molar-refractivity contribution is -0.0903. The number of cyclic esters (lactones) is 2. The van der Waals surface area contributed by atoms with E-state index in [-0.39, 0.29) is 5.41 Å². The summed E-state index contributed by atoms with van der Waals surface area (Å²) in [6, 6.07) is 0. The van der Waals surface area contributed by atoms with Crippen molar-refractivity contribution in [1.29, 1.82) is 0 Å². The molecule has 0 saturated carbocycles. The Bertz CT molecular complexity index is 220. The lowest BCUT2D eigenvalue weighted by Crippen LogP contribution is -2.40. The van der Waals surface area contributed by atoms with Gasteiger partial charge in [-0.3, -0.25) is 0 Å². The van der Waals surface area contributed by atoms with Crippen LogP contribution < -0.4 is 0 Å². The van der Waals surface area contributed by atoms with Gasteiger partial charge in [-0.25, -0.2) is 4.79 Å². The molecule has 0 atom stereocenters. The molecule has 0 aromatic carbocycles. The van der Waals surface area contributed by atoms with E-state index in [1.54, 1.807) is 7.11 Å². The molecule has 0 aromatic heterocycles. The number of hydrogen-bond donors (Lipinski definition) is 0. The zero-order valence-corrected chi connectivity index (χ0v) is 10.4. The molecule has 0 radical (unpaired) electrons. The molecule has 1 fully saturated rings. The summed E-state index contributed by atoms with van der Waals surface area (Å²) in [5.74, 6) is 0. The molecule has 0 spiro atoms. The number of methoxy groups -OCH3 is 1.